The molecule has 5 aromatic rings. The highest BCUT2D eigenvalue weighted by atomic mass is 32.1. The quantitative estimate of drug-likeness (QED) is 0.0497. The van der Waals surface area contributed by atoms with Crippen LogP contribution in [0.1, 0.15) is 64.5 Å². The van der Waals surface area contributed by atoms with E-state index in [9.17, 15) is 24.3 Å². The van der Waals surface area contributed by atoms with Crippen LogP contribution >= 0.6 is 11.3 Å². The number of fused-ring (bicyclic) bond motifs is 1. The van der Waals surface area contributed by atoms with Crippen molar-refractivity contribution in [3.05, 3.63) is 107 Å². The summed E-state index contributed by atoms with van der Waals surface area (Å²) in [5.41, 5.74) is 0.0235. The molecule has 2 aromatic heterocycles. The number of nitrogens with zero attached hydrogens (tertiary/aromatic N) is 5. The van der Waals surface area contributed by atoms with Gasteiger partial charge in [0, 0.05) is 18.5 Å². The molecule has 1 N–H and O–H groups in total. The first-order chi connectivity index (χ1) is 28.4. The molecule has 1 aliphatic rings. The molecular formula is C43H48N6O10S. The van der Waals surface area contributed by atoms with Crippen molar-refractivity contribution in [1.82, 2.24) is 14.6 Å². The normalized spacial score (nSPS) is 14.0. The maximum absolute atomic E-state index is 14.0. The van der Waals surface area contributed by atoms with Gasteiger partial charge in [0.05, 0.1) is 24.3 Å². The van der Waals surface area contributed by atoms with Crippen LogP contribution in [0.15, 0.2) is 95.6 Å². The van der Waals surface area contributed by atoms with Crippen LogP contribution in [0.3, 0.4) is 0 Å². The molecule has 60 heavy (non-hydrogen) atoms. The lowest BCUT2D eigenvalue weighted by Gasteiger charge is -2.38. The minimum Gasteiger partial charge on any atom is -0.543 e. The Kier molecular flexibility index (Phi) is 13.1. The number of oxime groups is 1. The Labute approximate surface area is 351 Å². The number of aryl methyl sites for hydroxylation is 1. The van der Waals surface area contributed by atoms with Crippen LogP contribution in [-0.2, 0) is 42.2 Å². The van der Waals surface area contributed by atoms with E-state index in [2.05, 4.69) is 20.1 Å². The van der Waals surface area contributed by atoms with Crippen molar-refractivity contribution in [3.8, 4) is 5.75 Å². The minimum absolute atomic E-state index is 0.0362. The largest absolute Gasteiger partial charge is 0.543 e. The molecule has 1 atom stereocenters. The summed E-state index contributed by atoms with van der Waals surface area (Å²) < 4.78 is 27.0. The standard InChI is InChI=1S/C43H48N6O10S/c1-42(2,3)57-40(53)45-39-44-32(26-60-39)35(37(50)51)46-59-34(38(52)56-36(28-14-10-8-11-15-28)29-16-12-9-13-17-29)25-55-31-18-19-33-30(20-31)24-49(47(33)7)23-27-21-48(22-27)41(54)58-43(4,5)6/h8-20,24,26-27,34,36H,21-23,25H2,1-7H3,(H-,44,45,50,51,53)/b46-35-. The number of aliphatic carboxylic acids is 1. The molecular weight excluding hydrogens is 793 g/mol. The topological polar surface area (TPSA) is 187 Å². The number of nitrogens with one attached hydrogen (secondary N) is 1. The Hall–Kier alpha value is -6.49. The highest BCUT2D eigenvalue weighted by Crippen LogP contribution is 2.28. The number of anilines is 1. The first kappa shape index (κ1) is 43.1. The van der Waals surface area contributed by atoms with Gasteiger partial charge >= 0.3 is 18.2 Å². The molecule has 2 amide bonds. The van der Waals surface area contributed by atoms with E-state index in [1.807, 2.05) is 111 Å². The maximum atomic E-state index is 14.0. The lowest BCUT2D eigenvalue weighted by atomic mass is 10.0. The fourth-order valence-electron chi connectivity index (χ4n) is 6.23. The average Bonchev–Trinajstić information content (AvgIpc) is 3.74. The van der Waals surface area contributed by atoms with Gasteiger partial charge in [0.2, 0.25) is 6.20 Å². The summed E-state index contributed by atoms with van der Waals surface area (Å²) >= 11 is 0.924. The molecule has 16 nitrogen and oxygen atoms in total. The molecule has 0 saturated carbocycles. The monoisotopic (exact) mass is 840 g/mol. The number of carbonyl (C=O) groups is 4. The summed E-state index contributed by atoms with van der Waals surface area (Å²) in [5, 5.41) is 20.8. The third kappa shape index (κ3) is 11.4. The molecule has 1 fully saturated rings. The van der Waals surface area contributed by atoms with Gasteiger partial charge in [0.1, 0.15) is 34.8 Å². The number of ether oxygens (including phenoxy) is 4. The Balaban J connectivity index is 1.21. The number of rotatable bonds is 14. The van der Waals surface area contributed by atoms with Gasteiger partial charge in [-0.1, -0.05) is 65.8 Å². The summed E-state index contributed by atoms with van der Waals surface area (Å²) in [6.45, 7) is 12.0. The van der Waals surface area contributed by atoms with Gasteiger partial charge < -0.3 is 38.6 Å². The van der Waals surface area contributed by atoms with Crippen molar-refractivity contribution in [2.75, 3.05) is 25.0 Å². The average molecular weight is 841 g/mol. The predicted molar refractivity (Wildman–Crippen MR) is 219 cm³/mol. The van der Waals surface area contributed by atoms with E-state index in [1.165, 1.54) is 5.38 Å². The maximum Gasteiger partial charge on any atom is 0.413 e. The number of esters is 1. The Morgan fingerprint density at radius 2 is 1.57 bits per heavy atom. The van der Waals surface area contributed by atoms with Crippen molar-refractivity contribution in [2.45, 2.75) is 71.5 Å². The highest BCUT2D eigenvalue weighted by Gasteiger charge is 2.37. The van der Waals surface area contributed by atoms with Crippen LogP contribution in [0.25, 0.3) is 10.9 Å². The smallest absolute Gasteiger partial charge is 0.413 e. The molecule has 0 radical (unpaired) electrons. The predicted octanol–water partition coefficient (Wildman–Crippen LogP) is 5.39. The van der Waals surface area contributed by atoms with E-state index in [0.717, 1.165) is 22.2 Å². The lowest BCUT2D eigenvalue weighted by Crippen LogP contribution is -2.57. The number of thiazole rings is 1. The summed E-state index contributed by atoms with van der Waals surface area (Å²) in [6, 6.07) is 23.7. The van der Waals surface area contributed by atoms with E-state index in [4.69, 9.17) is 23.8 Å². The molecule has 0 spiro atoms. The highest BCUT2D eigenvalue weighted by molar-refractivity contribution is 7.14. The molecule has 3 heterocycles. The molecule has 1 aliphatic heterocycles. The number of hydrogen-bond donors (Lipinski definition) is 1. The molecule has 3 aromatic carbocycles. The number of aromatic nitrogens is 3. The summed E-state index contributed by atoms with van der Waals surface area (Å²) in [4.78, 5) is 62.6. The number of carboxylic acid groups (broad SMARTS) is 1. The fourth-order valence-corrected chi connectivity index (χ4v) is 6.91. The van der Waals surface area contributed by atoms with E-state index in [1.54, 1.807) is 31.7 Å². The van der Waals surface area contributed by atoms with Gasteiger partial charge in [-0.05, 0) is 70.9 Å². The Morgan fingerprint density at radius 1 is 0.933 bits per heavy atom. The van der Waals surface area contributed by atoms with Crippen molar-refractivity contribution in [2.24, 2.45) is 18.1 Å². The second-order valence-electron chi connectivity index (χ2n) is 16.2. The van der Waals surface area contributed by atoms with Crippen LogP contribution in [0.4, 0.5) is 14.7 Å². The zero-order valence-electron chi connectivity index (χ0n) is 34.4. The summed E-state index contributed by atoms with van der Waals surface area (Å²) in [6.07, 6.45) is -1.56. The molecule has 1 unspecified atom stereocenters. The van der Waals surface area contributed by atoms with Gasteiger partial charge in [-0.3, -0.25) is 5.32 Å². The number of carboxylic acids is 1. The third-order valence-corrected chi connectivity index (χ3v) is 9.76. The Morgan fingerprint density at radius 3 is 2.17 bits per heavy atom. The van der Waals surface area contributed by atoms with E-state index in [0.29, 0.717) is 36.5 Å². The minimum atomic E-state index is -1.74. The second-order valence-corrected chi connectivity index (χ2v) is 17.0. The first-order valence-corrected chi connectivity index (χ1v) is 20.1. The molecule has 1 saturated heterocycles. The molecule has 6 rings (SSSR count). The molecule has 17 heteroatoms. The van der Waals surface area contributed by atoms with Crippen LogP contribution in [0, 0.1) is 5.92 Å². The van der Waals surface area contributed by atoms with E-state index < -0.39 is 53.8 Å². The molecule has 0 bridgehead atoms. The van der Waals surface area contributed by atoms with Crippen molar-refractivity contribution >= 4 is 57.2 Å². The number of benzene rings is 3. The third-order valence-electron chi connectivity index (χ3n) is 9.00. The fraction of sp³-hybridized carbons (Fsp3) is 0.372. The number of hydrogen-bond acceptors (Lipinski definition) is 13. The van der Waals surface area contributed by atoms with Crippen LogP contribution in [0.5, 0.6) is 5.75 Å². The number of amides is 2. The van der Waals surface area contributed by atoms with Crippen molar-refractivity contribution < 1.29 is 52.8 Å². The second kappa shape index (κ2) is 18.2. The number of likely N-dealkylation sites (tertiary alicyclic amines) is 1. The molecule has 316 valence electrons. The number of carbonyl (C=O) groups excluding carboxylic acids is 4. The van der Waals surface area contributed by atoms with Gasteiger partial charge in [0.15, 0.2) is 23.5 Å². The van der Waals surface area contributed by atoms with Gasteiger partial charge in [-0.15, -0.1) is 16.0 Å². The summed E-state index contributed by atoms with van der Waals surface area (Å²) in [5.74, 6) is -2.00. The van der Waals surface area contributed by atoms with E-state index in [-0.39, 0.29) is 22.8 Å². The van der Waals surface area contributed by atoms with Gasteiger partial charge in [-0.2, -0.15) is 4.68 Å². The van der Waals surface area contributed by atoms with Crippen LogP contribution in [-0.4, -0.2) is 81.4 Å². The zero-order valence-corrected chi connectivity index (χ0v) is 35.3. The first-order valence-electron chi connectivity index (χ1n) is 19.2. The van der Waals surface area contributed by atoms with E-state index >= 15 is 0 Å². The van der Waals surface area contributed by atoms with Gasteiger partial charge in [-0.25, -0.2) is 19.4 Å². The van der Waals surface area contributed by atoms with Crippen LogP contribution < -0.4 is 19.8 Å². The molecule has 0 aliphatic carbocycles. The summed E-state index contributed by atoms with van der Waals surface area (Å²) in [7, 11) is 1.94. The van der Waals surface area contributed by atoms with Crippen molar-refractivity contribution in [1.29, 1.82) is 0 Å². The lowest BCUT2D eigenvalue weighted by molar-refractivity contribution is -0.777. The van der Waals surface area contributed by atoms with Crippen molar-refractivity contribution in [3.63, 3.8) is 0 Å². The van der Waals surface area contributed by atoms with Gasteiger partial charge in [0.25, 0.3) is 6.10 Å². The Bertz CT molecular complexity index is 2300. The van der Waals surface area contributed by atoms with Crippen LogP contribution in [0.2, 0.25) is 0 Å². The zero-order chi connectivity index (χ0) is 43.2. The SMILES string of the molecule is Cn1c2ccc(OCC(O/N=C(\C(=O)[O-])c3csc(NC(=O)OC(C)(C)C)n3)C(=O)OC(c3ccccc3)c3ccccc3)cc2c[n+]1CC1CN(C(=O)OC(C)(C)C)C1.